The van der Waals surface area contributed by atoms with Crippen molar-refractivity contribution < 1.29 is 0 Å². The number of unbranched alkanes of at least 4 members (excludes halogenated alkanes) is 13. The van der Waals surface area contributed by atoms with Crippen LogP contribution in [0.15, 0.2) is 0 Å². The zero-order valence-corrected chi connectivity index (χ0v) is 68.2. The molecule has 6 heterocycles. The van der Waals surface area contributed by atoms with Gasteiger partial charge < -0.3 is 35.1 Å². The van der Waals surface area contributed by atoms with Gasteiger partial charge in [-0.15, -0.1) is 0 Å². The molecule has 0 radical (unpaired) electrons. The first-order valence-electron chi connectivity index (χ1n) is 40.2. The van der Waals surface area contributed by atoms with Crippen molar-refractivity contribution in [2.45, 2.75) is 394 Å². The van der Waals surface area contributed by atoms with Gasteiger partial charge in [0.25, 0.3) is 0 Å². The maximum atomic E-state index is 5.66. The van der Waals surface area contributed by atoms with Gasteiger partial charge in [-0.05, 0) is 255 Å². The van der Waals surface area contributed by atoms with Crippen LogP contribution in [0.1, 0.15) is 325 Å². The molecular weight excluding hydrogens is 1200 g/mol. The SMILES string of the molecule is CCCCCCCCCCCCN(CCCNc1nc(N(CCCC)C2CC(C)(C)N(C)C(C)(C)C2)nc(N(CCCC)C2CC(C)(C)N(C)C(C)(C)C2)n1)CCCNc1nc(N(CCCC)C2CC(C)(C)N(C)C(C)(C)C2)nc(N(CCCC)C2CC(C)(C)N(C)C(C)(C)C2)n1. The number of hydrogen-bond donors (Lipinski definition) is 2. The average molecular weight is 1360 g/mol. The molecule has 17 heteroatoms. The minimum atomic E-state index is 0.0250. The first kappa shape index (κ1) is 82.6. The molecule has 4 aliphatic rings. The summed E-state index contributed by atoms with van der Waals surface area (Å²) in [6.45, 7) is 58.9. The number of nitrogens with zero attached hydrogens (tertiary/aromatic N) is 15. The van der Waals surface area contributed by atoms with E-state index in [2.05, 4.69) is 228 Å². The Bertz CT molecular complexity index is 2230. The molecule has 97 heavy (non-hydrogen) atoms. The molecule has 2 aromatic heterocycles. The summed E-state index contributed by atoms with van der Waals surface area (Å²) in [5, 5.41) is 7.80. The molecule has 2 N–H and O–H groups in total. The van der Waals surface area contributed by atoms with Crippen molar-refractivity contribution in [3.8, 4) is 0 Å². The van der Waals surface area contributed by atoms with Crippen LogP contribution in [0.3, 0.4) is 0 Å². The summed E-state index contributed by atoms with van der Waals surface area (Å²) in [6.07, 6.45) is 32.7. The quantitative estimate of drug-likeness (QED) is 0.0612. The van der Waals surface area contributed by atoms with E-state index in [4.69, 9.17) is 29.9 Å². The second-order valence-corrected chi connectivity index (χ2v) is 36.3. The Morgan fingerprint density at radius 3 is 0.711 bits per heavy atom. The van der Waals surface area contributed by atoms with E-state index < -0.39 is 0 Å². The molecule has 0 unspecified atom stereocenters. The molecular formula is C80H155N17. The van der Waals surface area contributed by atoms with Crippen LogP contribution >= 0.6 is 0 Å². The molecule has 0 amide bonds. The zero-order valence-electron chi connectivity index (χ0n) is 68.2. The van der Waals surface area contributed by atoms with Crippen LogP contribution in [0.5, 0.6) is 0 Å². The third-order valence-electron chi connectivity index (χ3n) is 24.9. The van der Waals surface area contributed by atoms with Gasteiger partial charge in [0.1, 0.15) is 0 Å². The highest BCUT2D eigenvalue weighted by Gasteiger charge is 2.50. The highest BCUT2D eigenvalue weighted by Crippen LogP contribution is 2.45. The lowest BCUT2D eigenvalue weighted by atomic mass is 9.77. The third kappa shape index (κ3) is 22.8. The van der Waals surface area contributed by atoms with E-state index in [0.29, 0.717) is 24.2 Å². The van der Waals surface area contributed by atoms with Crippen LogP contribution in [-0.2, 0) is 0 Å². The summed E-state index contributed by atoms with van der Waals surface area (Å²) in [5.74, 6) is 4.80. The Hall–Kier alpha value is -3.38. The van der Waals surface area contributed by atoms with Crippen molar-refractivity contribution in [2.24, 2.45) is 0 Å². The first-order valence-corrected chi connectivity index (χ1v) is 40.2. The predicted molar refractivity (Wildman–Crippen MR) is 419 cm³/mol. The second kappa shape index (κ2) is 36.2. The van der Waals surface area contributed by atoms with Crippen LogP contribution in [-0.4, -0.2) is 210 Å². The van der Waals surface area contributed by atoms with Crippen molar-refractivity contribution in [2.75, 3.05) is 117 Å². The minimum absolute atomic E-state index is 0.0250. The lowest BCUT2D eigenvalue weighted by Gasteiger charge is -2.56. The van der Waals surface area contributed by atoms with Gasteiger partial charge in [-0.2, -0.15) is 29.9 Å². The summed E-state index contributed by atoms with van der Waals surface area (Å²) in [5.41, 5.74) is 0.200. The normalized spacial score (nSPS) is 21.5. The van der Waals surface area contributed by atoms with Gasteiger partial charge in [0, 0.05) is 108 Å². The van der Waals surface area contributed by atoms with Crippen LogP contribution in [0, 0.1) is 0 Å². The Kier molecular flexibility index (Phi) is 30.8. The highest BCUT2D eigenvalue weighted by molar-refractivity contribution is 5.49. The largest absolute Gasteiger partial charge is 0.354 e. The Morgan fingerprint density at radius 2 is 0.485 bits per heavy atom. The van der Waals surface area contributed by atoms with Crippen molar-refractivity contribution in [1.82, 2.24) is 54.4 Å². The van der Waals surface area contributed by atoms with Gasteiger partial charge in [-0.1, -0.05) is 118 Å². The van der Waals surface area contributed by atoms with E-state index >= 15 is 0 Å². The smallest absolute Gasteiger partial charge is 0.232 e. The average Bonchev–Trinajstić information content (AvgIpc) is 0.790. The minimum Gasteiger partial charge on any atom is -0.354 e. The second-order valence-electron chi connectivity index (χ2n) is 36.3. The molecule has 0 spiro atoms. The van der Waals surface area contributed by atoms with Crippen molar-refractivity contribution in [3.63, 3.8) is 0 Å². The molecule has 0 aromatic carbocycles. The van der Waals surface area contributed by atoms with Crippen molar-refractivity contribution >= 4 is 35.7 Å². The molecule has 4 aliphatic heterocycles. The Balaban J connectivity index is 1.30. The summed E-state index contributed by atoms with van der Waals surface area (Å²) < 4.78 is 0. The maximum absolute atomic E-state index is 5.66. The molecule has 17 nitrogen and oxygen atoms in total. The fourth-order valence-electron chi connectivity index (χ4n) is 17.8. The molecule has 0 saturated carbocycles. The molecule has 4 fully saturated rings. The van der Waals surface area contributed by atoms with Crippen LogP contribution < -0.4 is 30.2 Å². The summed E-state index contributed by atoms with van der Waals surface area (Å²) >= 11 is 0. The Morgan fingerprint density at radius 1 is 0.278 bits per heavy atom. The van der Waals surface area contributed by atoms with Crippen LogP contribution in [0.2, 0.25) is 0 Å². The number of rotatable bonds is 41. The summed E-state index contributed by atoms with van der Waals surface area (Å²) in [7, 11) is 9.29. The molecule has 560 valence electrons. The number of anilines is 6. The van der Waals surface area contributed by atoms with E-state index in [1.807, 2.05) is 0 Å². The zero-order chi connectivity index (χ0) is 71.8. The van der Waals surface area contributed by atoms with Crippen molar-refractivity contribution in [3.05, 3.63) is 0 Å². The van der Waals surface area contributed by atoms with Gasteiger partial charge in [0.05, 0.1) is 0 Å². The van der Waals surface area contributed by atoms with Crippen LogP contribution in [0.4, 0.5) is 35.7 Å². The fourth-order valence-corrected chi connectivity index (χ4v) is 17.8. The lowest BCUT2D eigenvalue weighted by molar-refractivity contribution is -0.0135. The molecule has 0 atom stereocenters. The van der Waals surface area contributed by atoms with Gasteiger partial charge in [-0.3, -0.25) is 19.6 Å². The molecule has 2 aromatic rings. The number of piperidine rings is 4. The van der Waals surface area contributed by atoms with Gasteiger partial charge in [0.15, 0.2) is 0 Å². The molecule has 0 bridgehead atoms. The van der Waals surface area contributed by atoms with Crippen LogP contribution in [0.25, 0.3) is 0 Å². The summed E-state index contributed by atoms with van der Waals surface area (Å²) in [6, 6.07) is 1.22. The molecule has 4 saturated heterocycles. The fraction of sp³-hybridized carbons (Fsp3) is 0.925. The summed E-state index contributed by atoms with van der Waals surface area (Å²) in [4.78, 5) is 57.0. The highest BCUT2D eigenvalue weighted by atomic mass is 15.4. The van der Waals surface area contributed by atoms with E-state index in [1.54, 1.807) is 0 Å². The first-order chi connectivity index (χ1) is 45.5. The molecule has 0 aliphatic carbocycles. The topological polar surface area (TPSA) is 131 Å². The van der Waals surface area contributed by atoms with Crippen molar-refractivity contribution in [1.29, 1.82) is 0 Å². The lowest BCUT2D eigenvalue weighted by Crippen LogP contribution is -2.63. The standard InChI is InChI=1S/C80H155N17/c1-26-31-36-37-38-39-40-41-42-43-48-93(49-44-46-81-67-83-69(94(51-32-27-2)63-55-73(6,7)89(22)74(8,9)56-63)87-70(84-67)95(52-33-28-3)64-57-75(10,11)90(23)76(12,13)58-64)50-45-47-82-68-85-71(96(53-34-29-4)65-59-77(14,15)91(24)78(16,17)60-65)88-72(86-68)97(54-35-30-5)66-61-79(18,19)92(25)80(20,21)62-66/h63-66H,26-62H2,1-25H3,(H,81,83,84,87)(H,82,85,86,88). The number of nitrogens with one attached hydrogen (secondary N) is 2. The van der Waals surface area contributed by atoms with E-state index in [-0.39, 0.29) is 44.3 Å². The van der Waals surface area contributed by atoms with Gasteiger partial charge in [0.2, 0.25) is 35.7 Å². The van der Waals surface area contributed by atoms with Gasteiger partial charge >= 0.3 is 0 Å². The van der Waals surface area contributed by atoms with E-state index in [0.717, 1.165) is 210 Å². The van der Waals surface area contributed by atoms with E-state index in [1.165, 1.54) is 64.2 Å². The molecule has 6 rings (SSSR count). The Labute approximate surface area is 598 Å². The maximum Gasteiger partial charge on any atom is 0.232 e. The number of likely N-dealkylation sites (tertiary alicyclic amines) is 4. The monoisotopic (exact) mass is 1350 g/mol. The number of hydrogen-bond acceptors (Lipinski definition) is 17. The predicted octanol–water partition coefficient (Wildman–Crippen LogP) is 17.6. The van der Waals surface area contributed by atoms with Gasteiger partial charge in [-0.25, -0.2) is 0 Å². The third-order valence-corrected chi connectivity index (χ3v) is 24.9. The number of aromatic nitrogens is 6. The van der Waals surface area contributed by atoms with E-state index in [9.17, 15) is 0 Å².